The van der Waals surface area contributed by atoms with Crippen LogP contribution in [0.3, 0.4) is 0 Å². The van der Waals surface area contributed by atoms with E-state index in [1.54, 1.807) is 12.0 Å². The highest BCUT2D eigenvalue weighted by molar-refractivity contribution is 7.80. The molecule has 0 saturated heterocycles. The number of ether oxygens (including phenoxy) is 1. The number of hydrogen-bond donors (Lipinski definition) is 1. The van der Waals surface area contributed by atoms with Crippen LogP contribution in [0.15, 0.2) is 30.3 Å². The molecule has 0 aromatic heterocycles. The van der Waals surface area contributed by atoms with Crippen molar-refractivity contribution in [1.29, 1.82) is 0 Å². The largest absolute Gasteiger partial charge is 0.393 e. The van der Waals surface area contributed by atoms with Gasteiger partial charge in [-0.3, -0.25) is 4.79 Å². The number of amides is 1. The molecule has 0 aliphatic carbocycles. The Labute approximate surface area is 132 Å². The summed E-state index contributed by atoms with van der Waals surface area (Å²) in [6.45, 7) is 5.00. The Morgan fingerprint density at radius 1 is 1.33 bits per heavy atom. The first-order valence-electron chi connectivity index (χ1n) is 7.10. The Bertz CT molecular complexity index is 463. The molecule has 0 fully saturated rings. The maximum absolute atomic E-state index is 12.7. The summed E-state index contributed by atoms with van der Waals surface area (Å²) in [5, 5.41) is 0. The van der Waals surface area contributed by atoms with Gasteiger partial charge in [0.25, 0.3) is 0 Å². The molecule has 1 aromatic rings. The molecule has 0 aliphatic heterocycles. The lowest BCUT2D eigenvalue weighted by atomic mass is 9.97. The highest BCUT2D eigenvalue weighted by atomic mass is 32.1. The fraction of sp³-hybridized carbons (Fsp3) is 0.500. The van der Waals surface area contributed by atoms with E-state index < -0.39 is 5.92 Å². The number of carbonyl (C=O) groups is 1. The second kappa shape index (κ2) is 8.74. The normalized spacial score (nSPS) is 12.2. The summed E-state index contributed by atoms with van der Waals surface area (Å²) in [7, 11) is 1.62. The lowest BCUT2D eigenvalue weighted by Gasteiger charge is -2.30. The molecule has 0 saturated carbocycles. The molecule has 1 rings (SSSR count). The van der Waals surface area contributed by atoms with Gasteiger partial charge in [-0.15, -0.1) is 0 Å². The monoisotopic (exact) mass is 308 g/mol. The SMILES string of the molecule is COCCN(C(=O)C(Cc1ccccc1)C(N)=S)C(C)C. The predicted molar refractivity (Wildman–Crippen MR) is 89.1 cm³/mol. The summed E-state index contributed by atoms with van der Waals surface area (Å²) in [6.07, 6.45) is 0.533. The molecule has 5 heteroatoms. The van der Waals surface area contributed by atoms with E-state index in [1.807, 2.05) is 44.2 Å². The van der Waals surface area contributed by atoms with Gasteiger partial charge in [-0.1, -0.05) is 42.5 Å². The standard InChI is InChI=1S/C16H24N2O2S/c1-12(2)18(9-10-20-3)16(19)14(15(17)21)11-13-7-5-4-6-8-13/h4-8,12,14H,9-11H2,1-3H3,(H2,17,21). The molecular weight excluding hydrogens is 284 g/mol. The summed E-state index contributed by atoms with van der Waals surface area (Å²) < 4.78 is 5.07. The molecule has 0 bridgehead atoms. The van der Waals surface area contributed by atoms with Gasteiger partial charge in [0, 0.05) is 19.7 Å². The summed E-state index contributed by atoms with van der Waals surface area (Å²) in [5.74, 6) is -0.500. The van der Waals surface area contributed by atoms with E-state index in [-0.39, 0.29) is 16.9 Å². The van der Waals surface area contributed by atoms with Gasteiger partial charge < -0.3 is 15.4 Å². The number of benzene rings is 1. The smallest absolute Gasteiger partial charge is 0.233 e. The summed E-state index contributed by atoms with van der Waals surface area (Å²) in [5.41, 5.74) is 6.86. The molecule has 116 valence electrons. The van der Waals surface area contributed by atoms with Crippen molar-refractivity contribution in [3.8, 4) is 0 Å². The molecule has 1 atom stereocenters. The third kappa shape index (κ3) is 5.44. The fourth-order valence-electron chi connectivity index (χ4n) is 2.17. The Morgan fingerprint density at radius 2 is 1.95 bits per heavy atom. The van der Waals surface area contributed by atoms with E-state index >= 15 is 0 Å². The van der Waals surface area contributed by atoms with Crippen LogP contribution in [0.4, 0.5) is 0 Å². The molecular formula is C16H24N2O2S. The molecule has 1 unspecified atom stereocenters. The van der Waals surface area contributed by atoms with Crippen molar-refractivity contribution in [2.24, 2.45) is 11.7 Å². The van der Waals surface area contributed by atoms with Gasteiger partial charge in [0.1, 0.15) is 0 Å². The molecule has 1 amide bonds. The number of hydrogen-bond acceptors (Lipinski definition) is 3. The zero-order valence-electron chi connectivity index (χ0n) is 12.9. The maximum Gasteiger partial charge on any atom is 0.233 e. The van der Waals surface area contributed by atoms with Gasteiger partial charge >= 0.3 is 0 Å². The van der Waals surface area contributed by atoms with Gasteiger partial charge in [-0.2, -0.15) is 0 Å². The van der Waals surface area contributed by atoms with Crippen molar-refractivity contribution in [2.75, 3.05) is 20.3 Å². The first kappa shape index (κ1) is 17.6. The second-order valence-corrected chi connectivity index (χ2v) is 5.73. The third-order valence-electron chi connectivity index (χ3n) is 3.37. The van der Waals surface area contributed by atoms with Crippen LogP contribution < -0.4 is 5.73 Å². The van der Waals surface area contributed by atoms with Crippen molar-refractivity contribution >= 4 is 23.1 Å². The van der Waals surface area contributed by atoms with E-state index in [1.165, 1.54) is 0 Å². The van der Waals surface area contributed by atoms with Crippen LogP contribution in [0.1, 0.15) is 19.4 Å². The molecule has 2 N–H and O–H groups in total. The Morgan fingerprint density at radius 3 is 2.43 bits per heavy atom. The van der Waals surface area contributed by atoms with Crippen LogP contribution in [0.5, 0.6) is 0 Å². The zero-order valence-corrected chi connectivity index (χ0v) is 13.7. The van der Waals surface area contributed by atoms with Gasteiger partial charge in [-0.25, -0.2) is 0 Å². The minimum atomic E-state index is -0.471. The molecule has 0 heterocycles. The van der Waals surface area contributed by atoms with Crippen LogP contribution in [-0.2, 0) is 16.0 Å². The lowest BCUT2D eigenvalue weighted by molar-refractivity contribution is -0.135. The van der Waals surface area contributed by atoms with Crippen LogP contribution in [0.25, 0.3) is 0 Å². The number of thiocarbonyl (C=S) groups is 1. The Kier molecular flexibility index (Phi) is 7.32. The van der Waals surface area contributed by atoms with Crippen molar-refractivity contribution in [3.63, 3.8) is 0 Å². The minimum Gasteiger partial charge on any atom is -0.393 e. The predicted octanol–water partition coefficient (Wildman–Crippen LogP) is 2.01. The zero-order chi connectivity index (χ0) is 15.8. The maximum atomic E-state index is 12.7. The molecule has 0 radical (unpaired) electrons. The van der Waals surface area contributed by atoms with Crippen LogP contribution in [0.2, 0.25) is 0 Å². The Hall–Kier alpha value is -1.46. The van der Waals surface area contributed by atoms with Crippen LogP contribution in [0, 0.1) is 5.92 Å². The van der Waals surface area contributed by atoms with Crippen molar-refractivity contribution in [2.45, 2.75) is 26.3 Å². The molecule has 21 heavy (non-hydrogen) atoms. The fourth-order valence-corrected chi connectivity index (χ4v) is 2.36. The molecule has 0 spiro atoms. The van der Waals surface area contributed by atoms with E-state index in [4.69, 9.17) is 22.7 Å². The topological polar surface area (TPSA) is 55.6 Å². The van der Waals surface area contributed by atoms with Crippen LogP contribution in [-0.4, -0.2) is 42.1 Å². The third-order valence-corrected chi connectivity index (χ3v) is 3.65. The van der Waals surface area contributed by atoms with E-state index in [2.05, 4.69) is 0 Å². The number of nitrogens with two attached hydrogens (primary N) is 1. The molecule has 4 nitrogen and oxygen atoms in total. The van der Waals surface area contributed by atoms with Crippen molar-refractivity contribution in [1.82, 2.24) is 4.90 Å². The van der Waals surface area contributed by atoms with Crippen molar-refractivity contribution < 1.29 is 9.53 Å². The first-order valence-corrected chi connectivity index (χ1v) is 7.50. The number of methoxy groups -OCH3 is 1. The van der Waals surface area contributed by atoms with E-state index in [9.17, 15) is 4.79 Å². The Balaban J connectivity index is 2.87. The van der Waals surface area contributed by atoms with E-state index in [0.717, 1.165) is 5.56 Å². The summed E-state index contributed by atoms with van der Waals surface area (Å²) in [6, 6.07) is 9.88. The van der Waals surface area contributed by atoms with Gasteiger partial charge in [0.05, 0.1) is 17.5 Å². The minimum absolute atomic E-state index is 0.0293. The molecule has 0 aliphatic rings. The summed E-state index contributed by atoms with van der Waals surface area (Å²) in [4.78, 5) is 14.8. The average Bonchev–Trinajstić information content (AvgIpc) is 2.45. The number of carbonyl (C=O) groups excluding carboxylic acids is 1. The van der Waals surface area contributed by atoms with Crippen molar-refractivity contribution in [3.05, 3.63) is 35.9 Å². The van der Waals surface area contributed by atoms with E-state index in [0.29, 0.717) is 19.6 Å². The van der Waals surface area contributed by atoms with Gasteiger partial charge in [0.2, 0.25) is 5.91 Å². The van der Waals surface area contributed by atoms with Crippen LogP contribution >= 0.6 is 12.2 Å². The quantitative estimate of drug-likeness (QED) is 0.747. The number of nitrogens with zero attached hydrogens (tertiary/aromatic N) is 1. The lowest BCUT2D eigenvalue weighted by Crippen LogP contribution is -2.46. The number of rotatable bonds is 8. The van der Waals surface area contributed by atoms with Gasteiger partial charge in [0.15, 0.2) is 0 Å². The summed E-state index contributed by atoms with van der Waals surface area (Å²) >= 11 is 5.11. The average molecular weight is 308 g/mol. The van der Waals surface area contributed by atoms with Gasteiger partial charge in [-0.05, 0) is 25.8 Å². The highest BCUT2D eigenvalue weighted by Gasteiger charge is 2.28. The molecule has 1 aromatic carbocycles. The first-order chi connectivity index (χ1) is 9.97. The highest BCUT2D eigenvalue weighted by Crippen LogP contribution is 2.14. The second-order valence-electron chi connectivity index (χ2n) is 5.26.